The van der Waals surface area contributed by atoms with E-state index in [9.17, 15) is 4.79 Å². The topological polar surface area (TPSA) is 26.3 Å². The Hall–Kier alpha value is -0.480. The maximum absolute atomic E-state index is 11.6. The lowest BCUT2D eigenvalue weighted by molar-refractivity contribution is 0.0397. The molecule has 0 unspecified atom stereocenters. The van der Waals surface area contributed by atoms with Gasteiger partial charge in [0.1, 0.15) is 6.10 Å². The van der Waals surface area contributed by atoms with Gasteiger partial charge in [-0.25, -0.2) is 4.79 Å². The number of hydrogen-bond acceptors (Lipinski definition) is 3. The van der Waals surface area contributed by atoms with Crippen molar-refractivity contribution in [3.63, 3.8) is 0 Å². The Morgan fingerprint density at radius 2 is 2.29 bits per heavy atom. The van der Waals surface area contributed by atoms with E-state index < -0.39 is 0 Å². The minimum absolute atomic E-state index is 0.0279. The molecule has 0 amide bonds. The first-order chi connectivity index (χ1) is 6.81. The standard InChI is InChI=1S/C10H9BrO2S/c11-5-7-6-14-9-4-2-1-3-8(9)10(12)13-7/h1-4,7H,5-6H2/t7-/m1/s1. The molecule has 4 heteroatoms. The molecule has 1 aliphatic rings. The Bertz CT molecular complexity index is 354. The average Bonchev–Trinajstić information content (AvgIpc) is 2.39. The third kappa shape index (κ3) is 1.96. The highest BCUT2D eigenvalue weighted by Crippen LogP contribution is 2.28. The van der Waals surface area contributed by atoms with Crippen LogP contribution in [0.25, 0.3) is 0 Å². The highest BCUT2D eigenvalue weighted by Gasteiger charge is 2.22. The fourth-order valence-corrected chi connectivity index (χ4v) is 2.97. The average molecular weight is 273 g/mol. The van der Waals surface area contributed by atoms with E-state index in [0.29, 0.717) is 10.9 Å². The molecule has 0 N–H and O–H groups in total. The Kier molecular flexibility index (Phi) is 3.13. The first kappa shape index (κ1) is 10.1. The van der Waals surface area contributed by atoms with Crippen LogP contribution in [0.2, 0.25) is 0 Å². The molecular weight excluding hydrogens is 264 g/mol. The molecule has 0 fully saturated rings. The predicted molar refractivity (Wildman–Crippen MR) is 60.2 cm³/mol. The number of fused-ring (bicyclic) bond motifs is 1. The molecule has 0 saturated heterocycles. The number of carbonyl (C=O) groups is 1. The van der Waals surface area contributed by atoms with Crippen molar-refractivity contribution in [2.75, 3.05) is 11.1 Å². The summed E-state index contributed by atoms with van der Waals surface area (Å²) in [6.07, 6.45) is -0.0279. The Labute approximate surface area is 95.2 Å². The molecule has 74 valence electrons. The fourth-order valence-electron chi connectivity index (χ4n) is 1.27. The van der Waals surface area contributed by atoms with Gasteiger partial charge in [0.05, 0.1) is 5.56 Å². The Morgan fingerprint density at radius 1 is 1.50 bits per heavy atom. The molecule has 2 nitrogen and oxygen atoms in total. The van der Waals surface area contributed by atoms with Gasteiger partial charge in [-0.05, 0) is 12.1 Å². The molecule has 1 atom stereocenters. The summed E-state index contributed by atoms with van der Waals surface area (Å²) in [6.45, 7) is 0. The molecule has 1 heterocycles. The first-order valence-electron chi connectivity index (χ1n) is 4.30. The zero-order valence-electron chi connectivity index (χ0n) is 7.40. The highest BCUT2D eigenvalue weighted by atomic mass is 79.9. The van der Waals surface area contributed by atoms with E-state index in [1.165, 1.54) is 0 Å². The summed E-state index contributed by atoms with van der Waals surface area (Å²) in [5.41, 5.74) is 0.681. The van der Waals surface area contributed by atoms with Crippen molar-refractivity contribution in [2.45, 2.75) is 11.0 Å². The van der Waals surface area contributed by atoms with Gasteiger partial charge in [-0.2, -0.15) is 0 Å². The summed E-state index contributed by atoms with van der Waals surface area (Å²) in [5, 5.41) is 0.694. The van der Waals surface area contributed by atoms with Gasteiger partial charge in [-0.1, -0.05) is 28.1 Å². The van der Waals surface area contributed by atoms with Crippen LogP contribution in [0, 0.1) is 0 Å². The molecule has 14 heavy (non-hydrogen) atoms. The van der Waals surface area contributed by atoms with Gasteiger partial charge < -0.3 is 4.74 Å². The second-order valence-corrected chi connectivity index (χ2v) is 4.70. The van der Waals surface area contributed by atoms with Gasteiger partial charge in [-0.3, -0.25) is 0 Å². The third-order valence-corrected chi connectivity index (χ3v) is 3.91. The van der Waals surface area contributed by atoms with Crippen LogP contribution in [-0.2, 0) is 4.74 Å². The number of halogens is 1. The maximum Gasteiger partial charge on any atom is 0.339 e. The van der Waals surface area contributed by atoms with Crippen LogP contribution in [0.4, 0.5) is 0 Å². The number of esters is 1. The molecule has 1 aromatic rings. The molecule has 0 bridgehead atoms. The van der Waals surface area contributed by atoms with Crippen LogP contribution in [-0.4, -0.2) is 23.2 Å². The van der Waals surface area contributed by atoms with Crippen molar-refractivity contribution in [1.82, 2.24) is 0 Å². The lowest BCUT2D eigenvalue weighted by Gasteiger charge is -2.09. The van der Waals surface area contributed by atoms with Crippen LogP contribution < -0.4 is 0 Å². The molecule has 0 aliphatic carbocycles. The third-order valence-electron chi connectivity index (χ3n) is 1.98. The van der Waals surface area contributed by atoms with Crippen LogP contribution in [0.3, 0.4) is 0 Å². The zero-order chi connectivity index (χ0) is 9.97. The number of alkyl halides is 1. The van der Waals surface area contributed by atoms with Gasteiger partial charge in [0.25, 0.3) is 0 Å². The van der Waals surface area contributed by atoms with E-state index in [1.54, 1.807) is 17.8 Å². The molecule has 0 aromatic heterocycles. The summed E-state index contributed by atoms with van der Waals surface area (Å²) < 4.78 is 5.28. The number of thioether (sulfide) groups is 1. The largest absolute Gasteiger partial charge is 0.457 e. The minimum atomic E-state index is -0.213. The van der Waals surface area contributed by atoms with Gasteiger partial charge in [0.2, 0.25) is 0 Å². The second kappa shape index (κ2) is 4.36. The number of carbonyl (C=O) groups excluding carboxylic acids is 1. The SMILES string of the molecule is O=C1O[C@H](CBr)CSc2ccccc21. The van der Waals surface area contributed by atoms with Gasteiger partial charge >= 0.3 is 5.97 Å². The fraction of sp³-hybridized carbons (Fsp3) is 0.300. The van der Waals surface area contributed by atoms with Gasteiger partial charge in [-0.15, -0.1) is 11.8 Å². The number of benzene rings is 1. The summed E-state index contributed by atoms with van der Waals surface area (Å²) in [6, 6.07) is 7.56. The Morgan fingerprint density at radius 3 is 3.07 bits per heavy atom. The van der Waals surface area contributed by atoms with Crippen molar-refractivity contribution in [3.8, 4) is 0 Å². The van der Waals surface area contributed by atoms with E-state index in [-0.39, 0.29) is 12.1 Å². The van der Waals surface area contributed by atoms with E-state index in [1.807, 2.05) is 18.2 Å². The smallest absolute Gasteiger partial charge is 0.339 e. The van der Waals surface area contributed by atoms with Crippen LogP contribution in [0.15, 0.2) is 29.2 Å². The van der Waals surface area contributed by atoms with E-state index in [2.05, 4.69) is 15.9 Å². The normalized spacial score (nSPS) is 20.9. The van der Waals surface area contributed by atoms with Crippen molar-refractivity contribution < 1.29 is 9.53 Å². The van der Waals surface area contributed by atoms with Gasteiger partial charge in [0, 0.05) is 16.0 Å². The number of rotatable bonds is 1. The van der Waals surface area contributed by atoms with Crippen molar-refractivity contribution in [2.24, 2.45) is 0 Å². The first-order valence-corrected chi connectivity index (χ1v) is 6.40. The lowest BCUT2D eigenvalue weighted by Crippen LogP contribution is -2.19. The quantitative estimate of drug-likeness (QED) is 0.581. The lowest BCUT2D eigenvalue weighted by atomic mass is 10.2. The van der Waals surface area contributed by atoms with Gasteiger partial charge in [0.15, 0.2) is 0 Å². The number of cyclic esters (lactones) is 1. The van der Waals surface area contributed by atoms with Crippen molar-refractivity contribution in [1.29, 1.82) is 0 Å². The molecular formula is C10H9BrO2S. The molecule has 1 aliphatic heterocycles. The Balaban J connectivity index is 2.31. The maximum atomic E-state index is 11.6. The van der Waals surface area contributed by atoms with E-state index in [4.69, 9.17) is 4.74 Å². The van der Waals surface area contributed by atoms with Crippen molar-refractivity contribution in [3.05, 3.63) is 29.8 Å². The zero-order valence-corrected chi connectivity index (χ0v) is 9.81. The molecule has 2 rings (SSSR count). The summed E-state index contributed by atoms with van der Waals surface area (Å²) in [4.78, 5) is 12.6. The summed E-state index contributed by atoms with van der Waals surface area (Å²) in [5.74, 6) is 0.601. The van der Waals surface area contributed by atoms with Crippen molar-refractivity contribution >= 4 is 33.7 Å². The van der Waals surface area contributed by atoms with Crippen LogP contribution >= 0.6 is 27.7 Å². The predicted octanol–water partition coefficient (Wildman–Crippen LogP) is 2.71. The summed E-state index contributed by atoms with van der Waals surface area (Å²) >= 11 is 5.00. The monoisotopic (exact) mass is 272 g/mol. The highest BCUT2D eigenvalue weighted by molar-refractivity contribution is 9.09. The molecule has 0 radical (unpaired) electrons. The molecule has 0 saturated carbocycles. The minimum Gasteiger partial charge on any atom is -0.457 e. The molecule has 1 aromatic carbocycles. The molecule has 0 spiro atoms. The number of ether oxygens (including phenoxy) is 1. The second-order valence-electron chi connectivity index (χ2n) is 2.99. The van der Waals surface area contributed by atoms with E-state index >= 15 is 0 Å². The van der Waals surface area contributed by atoms with Crippen LogP contribution in [0.1, 0.15) is 10.4 Å². The summed E-state index contributed by atoms with van der Waals surface area (Å²) in [7, 11) is 0. The number of hydrogen-bond donors (Lipinski definition) is 0. The van der Waals surface area contributed by atoms with E-state index in [0.717, 1.165) is 10.6 Å². The van der Waals surface area contributed by atoms with Crippen LogP contribution in [0.5, 0.6) is 0 Å².